The average Bonchev–Trinajstić information content (AvgIpc) is 2.45. The van der Waals surface area contributed by atoms with Crippen molar-refractivity contribution < 1.29 is 14.6 Å². The average molecular weight is 145 g/mol. The maximum absolute atomic E-state index is 10.4. The highest BCUT2D eigenvalue weighted by Gasteiger charge is 2.57. The zero-order valence-electron chi connectivity index (χ0n) is 5.83. The zero-order chi connectivity index (χ0) is 7.78. The highest BCUT2D eigenvalue weighted by Crippen LogP contribution is 2.41. The summed E-state index contributed by atoms with van der Waals surface area (Å²) in [5.74, 6) is -0.912. The van der Waals surface area contributed by atoms with Crippen LogP contribution in [0.25, 0.3) is 0 Å². The molecule has 0 amide bonds. The topological polar surface area (TPSA) is 72.5 Å². The fraction of sp³-hybridized carbons (Fsp3) is 0.833. The summed E-state index contributed by atoms with van der Waals surface area (Å²) in [4.78, 5) is 10.4. The Morgan fingerprint density at radius 3 is 2.90 bits per heavy atom. The van der Waals surface area contributed by atoms with Crippen molar-refractivity contribution in [3.8, 4) is 0 Å². The number of rotatable bonds is 3. The number of ether oxygens (including phenoxy) is 1. The SMILES string of the molecule is COC[C@@H]1C[C@@]1(N)C(=O)O. The largest absolute Gasteiger partial charge is 0.480 e. The second-order valence-electron chi connectivity index (χ2n) is 2.70. The predicted octanol–water partition coefficient (Wildman–Crippen LogP) is -0.565. The van der Waals surface area contributed by atoms with E-state index in [1.54, 1.807) is 7.11 Å². The van der Waals surface area contributed by atoms with Crippen LogP contribution in [0.2, 0.25) is 0 Å². The van der Waals surface area contributed by atoms with Crippen LogP contribution in [0.15, 0.2) is 0 Å². The Bertz CT molecular complexity index is 159. The summed E-state index contributed by atoms with van der Waals surface area (Å²) in [6, 6.07) is 0. The third-order valence-corrected chi connectivity index (χ3v) is 1.92. The maximum atomic E-state index is 10.4. The van der Waals surface area contributed by atoms with Crippen LogP contribution in [0.5, 0.6) is 0 Å². The van der Waals surface area contributed by atoms with E-state index in [1.807, 2.05) is 0 Å². The molecule has 0 spiro atoms. The van der Waals surface area contributed by atoms with E-state index < -0.39 is 11.5 Å². The zero-order valence-corrected chi connectivity index (χ0v) is 5.83. The van der Waals surface area contributed by atoms with Gasteiger partial charge in [0.2, 0.25) is 0 Å². The first-order chi connectivity index (χ1) is 4.61. The molecule has 0 saturated heterocycles. The lowest BCUT2D eigenvalue weighted by Gasteiger charge is -2.02. The van der Waals surface area contributed by atoms with Gasteiger partial charge in [-0.1, -0.05) is 0 Å². The molecule has 0 unspecified atom stereocenters. The Balaban J connectivity index is 2.40. The minimum absolute atomic E-state index is 0.00926. The van der Waals surface area contributed by atoms with Gasteiger partial charge in [-0.25, -0.2) is 0 Å². The van der Waals surface area contributed by atoms with Crippen molar-refractivity contribution in [2.75, 3.05) is 13.7 Å². The van der Waals surface area contributed by atoms with E-state index in [0.717, 1.165) is 0 Å². The molecule has 1 fully saturated rings. The Hall–Kier alpha value is -0.610. The third kappa shape index (κ3) is 0.998. The Morgan fingerprint density at radius 2 is 2.60 bits per heavy atom. The van der Waals surface area contributed by atoms with Gasteiger partial charge in [-0.05, 0) is 6.42 Å². The normalized spacial score (nSPS) is 37.6. The molecular weight excluding hydrogens is 134 g/mol. The first kappa shape index (κ1) is 7.50. The molecule has 0 aliphatic heterocycles. The smallest absolute Gasteiger partial charge is 0.324 e. The molecule has 0 radical (unpaired) electrons. The van der Waals surface area contributed by atoms with Crippen molar-refractivity contribution in [2.45, 2.75) is 12.0 Å². The van der Waals surface area contributed by atoms with Crippen LogP contribution >= 0.6 is 0 Å². The van der Waals surface area contributed by atoms with E-state index in [9.17, 15) is 4.79 Å². The predicted molar refractivity (Wildman–Crippen MR) is 34.5 cm³/mol. The lowest BCUT2D eigenvalue weighted by Crippen LogP contribution is -2.35. The molecule has 0 aromatic rings. The summed E-state index contributed by atoms with van der Waals surface area (Å²) in [7, 11) is 1.54. The second-order valence-corrected chi connectivity index (χ2v) is 2.70. The summed E-state index contributed by atoms with van der Waals surface area (Å²) in [6.45, 7) is 0.447. The van der Waals surface area contributed by atoms with Gasteiger partial charge >= 0.3 is 5.97 Å². The fourth-order valence-corrected chi connectivity index (χ4v) is 1.02. The van der Waals surface area contributed by atoms with E-state index >= 15 is 0 Å². The minimum atomic E-state index is -0.990. The van der Waals surface area contributed by atoms with Crippen LogP contribution in [0.4, 0.5) is 0 Å². The Labute approximate surface area is 59.0 Å². The molecule has 0 heterocycles. The molecule has 0 bridgehead atoms. The lowest BCUT2D eigenvalue weighted by molar-refractivity contribution is -0.140. The molecular formula is C6H11NO3. The van der Waals surface area contributed by atoms with Gasteiger partial charge in [0.05, 0.1) is 6.61 Å². The summed E-state index contributed by atoms with van der Waals surface area (Å²) in [5.41, 5.74) is 4.45. The van der Waals surface area contributed by atoms with Crippen LogP contribution in [0.1, 0.15) is 6.42 Å². The van der Waals surface area contributed by atoms with Gasteiger partial charge in [0, 0.05) is 13.0 Å². The van der Waals surface area contributed by atoms with Crippen LogP contribution in [-0.2, 0) is 9.53 Å². The van der Waals surface area contributed by atoms with Gasteiger partial charge in [-0.3, -0.25) is 4.79 Å². The molecule has 1 aliphatic carbocycles. The van der Waals surface area contributed by atoms with Crippen LogP contribution in [0.3, 0.4) is 0 Å². The van der Waals surface area contributed by atoms with Crippen molar-refractivity contribution in [2.24, 2.45) is 11.7 Å². The number of carboxylic acid groups (broad SMARTS) is 1. The first-order valence-corrected chi connectivity index (χ1v) is 3.12. The molecule has 1 aliphatic rings. The van der Waals surface area contributed by atoms with Crippen molar-refractivity contribution in [3.05, 3.63) is 0 Å². The van der Waals surface area contributed by atoms with Crippen LogP contribution in [0, 0.1) is 5.92 Å². The van der Waals surface area contributed by atoms with E-state index in [2.05, 4.69) is 0 Å². The first-order valence-electron chi connectivity index (χ1n) is 3.12. The molecule has 1 rings (SSSR count). The van der Waals surface area contributed by atoms with E-state index in [1.165, 1.54) is 0 Å². The Morgan fingerprint density at radius 1 is 2.00 bits per heavy atom. The fourth-order valence-electron chi connectivity index (χ4n) is 1.02. The van der Waals surface area contributed by atoms with Gasteiger partial charge in [-0.2, -0.15) is 0 Å². The van der Waals surface area contributed by atoms with Gasteiger partial charge in [0.25, 0.3) is 0 Å². The lowest BCUT2D eigenvalue weighted by atomic mass is 10.2. The van der Waals surface area contributed by atoms with E-state index in [-0.39, 0.29) is 5.92 Å². The highest BCUT2D eigenvalue weighted by molar-refractivity contribution is 5.82. The molecule has 4 heteroatoms. The molecule has 3 N–H and O–H groups in total. The van der Waals surface area contributed by atoms with Crippen molar-refractivity contribution in [3.63, 3.8) is 0 Å². The van der Waals surface area contributed by atoms with Crippen molar-refractivity contribution in [1.29, 1.82) is 0 Å². The number of carboxylic acids is 1. The molecule has 1 saturated carbocycles. The second kappa shape index (κ2) is 2.21. The monoisotopic (exact) mass is 145 g/mol. The minimum Gasteiger partial charge on any atom is -0.480 e. The standard InChI is InChI=1S/C6H11NO3/c1-10-3-4-2-6(4,7)5(8)9/h4H,2-3,7H2,1H3,(H,8,9)/t4-,6-/m0/s1. The van der Waals surface area contributed by atoms with Crippen molar-refractivity contribution in [1.82, 2.24) is 0 Å². The molecule has 0 aromatic heterocycles. The summed E-state index contributed by atoms with van der Waals surface area (Å²) in [5, 5.41) is 8.53. The molecule has 58 valence electrons. The van der Waals surface area contributed by atoms with Gasteiger partial charge in [0.15, 0.2) is 0 Å². The van der Waals surface area contributed by atoms with Gasteiger partial charge < -0.3 is 15.6 Å². The quantitative estimate of drug-likeness (QED) is 0.558. The van der Waals surface area contributed by atoms with Gasteiger partial charge in [0.1, 0.15) is 5.54 Å². The molecule has 0 aromatic carbocycles. The van der Waals surface area contributed by atoms with Crippen LogP contribution in [-0.4, -0.2) is 30.3 Å². The Kier molecular flexibility index (Phi) is 1.66. The number of carbonyl (C=O) groups is 1. The maximum Gasteiger partial charge on any atom is 0.324 e. The highest BCUT2D eigenvalue weighted by atomic mass is 16.5. The molecule has 10 heavy (non-hydrogen) atoms. The number of hydrogen-bond acceptors (Lipinski definition) is 3. The number of methoxy groups -OCH3 is 1. The number of aliphatic carboxylic acids is 1. The van der Waals surface area contributed by atoms with E-state index in [0.29, 0.717) is 13.0 Å². The summed E-state index contributed by atoms with van der Waals surface area (Å²) in [6.07, 6.45) is 0.538. The molecule has 4 nitrogen and oxygen atoms in total. The number of nitrogens with two attached hydrogens (primary N) is 1. The number of hydrogen-bond donors (Lipinski definition) is 2. The van der Waals surface area contributed by atoms with E-state index in [4.69, 9.17) is 15.6 Å². The van der Waals surface area contributed by atoms with Crippen LogP contribution < -0.4 is 5.73 Å². The van der Waals surface area contributed by atoms with Gasteiger partial charge in [-0.15, -0.1) is 0 Å². The molecule has 2 atom stereocenters. The third-order valence-electron chi connectivity index (χ3n) is 1.92. The van der Waals surface area contributed by atoms with Crippen molar-refractivity contribution >= 4 is 5.97 Å². The summed E-state index contributed by atoms with van der Waals surface area (Å²) >= 11 is 0. The summed E-state index contributed by atoms with van der Waals surface area (Å²) < 4.78 is 4.77.